The monoisotopic (exact) mass is 696 g/mol. The fourth-order valence-electron chi connectivity index (χ4n) is 5.60. The van der Waals surface area contributed by atoms with Crippen LogP contribution in [0.25, 0.3) is 0 Å². The Kier molecular flexibility index (Phi) is 16.6. The molecule has 2 amide bonds. The Balaban J connectivity index is 0.000000783. The van der Waals surface area contributed by atoms with E-state index in [0.717, 1.165) is 67.2 Å². The van der Waals surface area contributed by atoms with E-state index in [4.69, 9.17) is 9.47 Å². The topological polar surface area (TPSA) is 238 Å². The van der Waals surface area contributed by atoms with Crippen LogP contribution in [0.1, 0.15) is 134 Å². The number of likely N-dealkylation sites (N-methyl/N-ethyl adjacent to an activating group) is 1. The van der Waals surface area contributed by atoms with E-state index in [0.29, 0.717) is 6.54 Å². The first-order valence-electron chi connectivity index (χ1n) is 17.2. The van der Waals surface area contributed by atoms with Crippen molar-refractivity contribution in [2.75, 3.05) is 13.6 Å². The van der Waals surface area contributed by atoms with Crippen molar-refractivity contribution in [1.29, 1.82) is 0 Å². The van der Waals surface area contributed by atoms with Gasteiger partial charge in [0.25, 0.3) is 11.8 Å². The summed E-state index contributed by atoms with van der Waals surface area (Å²) in [6, 6.07) is 0. The first-order chi connectivity index (χ1) is 21.6. The molecule has 48 heavy (non-hydrogen) atoms. The standard InChI is InChI=1S/C16H31NO6.C11H21NO6.C7H16/c1-6-7-8-9-10-17-12(18)11-13(2,19)14(3,20)15(4,21)16(5,22)23-11;1-8(14)6(7(13)12-5)18-11(4,17)10(3,16)9(8,2)15;1-3-5-7-6-4-2/h11,19-22H,6-10H2,1-5H3,(H,17,18);6,14-17H,1-5H3,(H,12,13);3-7H2,1-2H3/t11?,13-,14?,15+,16-;6?,8-,9?,10+,11-;/m11./s1. The molecule has 0 spiro atoms. The van der Waals surface area contributed by atoms with Gasteiger partial charge in [-0.15, -0.1) is 0 Å². The van der Waals surface area contributed by atoms with Gasteiger partial charge in [0.15, 0.2) is 23.8 Å². The molecule has 2 rings (SSSR count). The highest BCUT2D eigenvalue weighted by molar-refractivity contribution is 5.83. The minimum atomic E-state index is -2.21. The lowest BCUT2D eigenvalue weighted by Crippen LogP contribution is -2.82. The Morgan fingerprint density at radius 3 is 1.15 bits per heavy atom. The van der Waals surface area contributed by atoms with Crippen molar-refractivity contribution in [3.05, 3.63) is 0 Å². The average Bonchev–Trinajstić information content (AvgIpc) is 2.97. The van der Waals surface area contributed by atoms with Crippen molar-refractivity contribution in [3.8, 4) is 0 Å². The molecule has 286 valence electrons. The summed E-state index contributed by atoms with van der Waals surface area (Å²) in [5, 5.41) is 87.8. The Hall–Kier alpha value is -1.46. The lowest BCUT2D eigenvalue weighted by molar-refractivity contribution is -0.414. The van der Waals surface area contributed by atoms with Crippen molar-refractivity contribution in [3.63, 3.8) is 0 Å². The zero-order valence-corrected chi connectivity index (χ0v) is 31.4. The number of hydrogen-bond donors (Lipinski definition) is 10. The van der Waals surface area contributed by atoms with E-state index in [1.165, 1.54) is 53.0 Å². The molecule has 0 aromatic rings. The van der Waals surface area contributed by atoms with Crippen LogP contribution in [0.3, 0.4) is 0 Å². The van der Waals surface area contributed by atoms with Gasteiger partial charge in [-0.2, -0.15) is 0 Å². The average molecular weight is 697 g/mol. The third-order valence-corrected chi connectivity index (χ3v) is 10.6. The summed E-state index contributed by atoms with van der Waals surface area (Å²) in [6.45, 7) is 16.2. The number of unbranched alkanes of at least 4 members (excludes halogenated alkanes) is 7. The maximum absolute atomic E-state index is 12.3. The molecule has 2 saturated heterocycles. The number of carbonyl (C=O) groups is 2. The number of amides is 2. The molecular weight excluding hydrogens is 628 g/mol. The Bertz CT molecular complexity index is 1020. The molecule has 2 aliphatic rings. The normalized spacial score (nSPS) is 42.4. The van der Waals surface area contributed by atoms with Crippen LogP contribution in [0, 0.1) is 0 Å². The summed E-state index contributed by atoms with van der Waals surface area (Å²) >= 11 is 0. The summed E-state index contributed by atoms with van der Waals surface area (Å²) in [5.74, 6) is -5.75. The minimum Gasteiger partial charge on any atom is -0.384 e. The Morgan fingerprint density at radius 2 is 0.833 bits per heavy atom. The third kappa shape index (κ3) is 9.25. The van der Waals surface area contributed by atoms with E-state index >= 15 is 0 Å². The summed E-state index contributed by atoms with van der Waals surface area (Å²) in [6.07, 6.45) is 7.89. The van der Waals surface area contributed by atoms with Crippen LogP contribution in [0.4, 0.5) is 0 Å². The molecule has 0 saturated carbocycles. The molecule has 4 unspecified atom stereocenters. The Morgan fingerprint density at radius 1 is 0.521 bits per heavy atom. The van der Waals surface area contributed by atoms with Gasteiger partial charge in [-0.05, 0) is 61.8 Å². The van der Waals surface area contributed by atoms with E-state index in [2.05, 4.69) is 31.4 Å². The second-order valence-corrected chi connectivity index (χ2v) is 14.6. The zero-order chi connectivity index (χ0) is 38.2. The first-order valence-corrected chi connectivity index (χ1v) is 17.2. The number of nitrogens with one attached hydrogen (secondary N) is 2. The van der Waals surface area contributed by atoms with Gasteiger partial charge in [-0.1, -0.05) is 72.1 Å². The van der Waals surface area contributed by atoms with Crippen molar-refractivity contribution in [2.45, 2.75) is 191 Å². The van der Waals surface area contributed by atoms with Crippen LogP contribution in [-0.2, 0) is 19.1 Å². The fourth-order valence-corrected chi connectivity index (χ4v) is 5.60. The SMILES string of the molecule is CCCCCCC.CCCCCCNC(=O)C1O[C@@](C)(O)[C@@](C)(O)C(C)(O)[C@]1(C)O.CNC(=O)C1O[C@@](C)(O)[C@@](C)(O)C(C)(O)[C@]1(C)O. The van der Waals surface area contributed by atoms with Crippen molar-refractivity contribution in [1.82, 2.24) is 10.6 Å². The van der Waals surface area contributed by atoms with Gasteiger partial charge in [0.1, 0.15) is 33.6 Å². The highest BCUT2D eigenvalue weighted by atomic mass is 16.7. The van der Waals surface area contributed by atoms with Gasteiger partial charge in [-0.25, -0.2) is 0 Å². The van der Waals surface area contributed by atoms with Crippen LogP contribution >= 0.6 is 0 Å². The summed E-state index contributed by atoms with van der Waals surface area (Å²) in [7, 11) is 1.33. The van der Waals surface area contributed by atoms with Gasteiger partial charge < -0.3 is 61.0 Å². The number of ether oxygens (including phenoxy) is 2. The van der Waals surface area contributed by atoms with Crippen LogP contribution in [-0.4, -0.2) is 124 Å². The maximum atomic E-state index is 12.3. The Labute approximate surface area is 287 Å². The quantitative estimate of drug-likeness (QED) is 0.137. The molecule has 10 N–H and O–H groups in total. The molecule has 2 fully saturated rings. The van der Waals surface area contributed by atoms with Crippen LogP contribution in [0.5, 0.6) is 0 Å². The van der Waals surface area contributed by atoms with Crippen molar-refractivity contribution < 1.29 is 59.9 Å². The maximum Gasteiger partial charge on any atom is 0.252 e. The second-order valence-electron chi connectivity index (χ2n) is 14.6. The zero-order valence-electron chi connectivity index (χ0n) is 31.4. The smallest absolute Gasteiger partial charge is 0.252 e. The lowest BCUT2D eigenvalue weighted by Gasteiger charge is -2.59. The predicted octanol–water partition coefficient (Wildman–Crippen LogP) is 1.11. The molecule has 14 nitrogen and oxygen atoms in total. The summed E-state index contributed by atoms with van der Waals surface area (Å²) in [5.41, 5.74) is -12.9. The highest BCUT2D eigenvalue weighted by Gasteiger charge is 2.72. The van der Waals surface area contributed by atoms with E-state index in [-0.39, 0.29) is 0 Å². The molecular formula is C34H68N2O12. The van der Waals surface area contributed by atoms with E-state index in [9.17, 15) is 50.4 Å². The molecule has 14 heteroatoms. The molecule has 0 radical (unpaired) electrons. The number of aliphatic hydroxyl groups is 8. The molecule has 10 atom stereocenters. The fraction of sp³-hybridized carbons (Fsp3) is 0.941. The molecule has 0 aromatic heterocycles. The third-order valence-electron chi connectivity index (χ3n) is 10.6. The van der Waals surface area contributed by atoms with Gasteiger partial charge in [0, 0.05) is 13.6 Å². The van der Waals surface area contributed by atoms with Crippen LogP contribution in [0.15, 0.2) is 0 Å². The van der Waals surface area contributed by atoms with Gasteiger partial charge in [-0.3, -0.25) is 9.59 Å². The van der Waals surface area contributed by atoms with Gasteiger partial charge >= 0.3 is 0 Å². The predicted molar refractivity (Wildman–Crippen MR) is 180 cm³/mol. The molecule has 0 aliphatic carbocycles. The largest absolute Gasteiger partial charge is 0.384 e. The number of rotatable bonds is 11. The van der Waals surface area contributed by atoms with Crippen molar-refractivity contribution >= 4 is 11.8 Å². The van der Waals surface area contributed by atoms with E-state index in [1.54, 1.807) is 0 Å². The highest BCUT2D eigenvalue weighted by Crippen LogP contribution is 2.49. The van der Waals surface area contributed by atoms with Gasteiger partial charge in [0.2, 0.25) is 0 Å². The van der Waals surface area contributed by atoms with Gasteiger partial charge in [0.05, 0.1) is 0 Å². The first kappa shape index (κ1) is 46.5. The molecule has 0 aromatic carbocycles. The summed E-state index contributed by atoms with van der Waals surface area (Å²) < 4.78 is 10.3. The minimum absolute atomic E-state index is 0.412. The van der Waals surface area contributed by atoms with Crippen molar-refractivity contribution in [2.24, 2.45) is 0 Å². The van der Waals surface area contributed by atoms with Crippen LogP contribution < -0.4 is 10.6 Å². The molecule has 0 bridgehead atoms. The van der Waals surface area contributed by atoms with Crippen LogP contribution in [0.2, 0.25) is 0 Å². The lowest BCUT2D eigenvalue weighted by atomic mass is 9.65. The summed E-state index contributed by atoms with van der Waals surface area (Å²) in [4.78, 5) is 24.0. The number of hydrogen-bond acceptors (Lipinski definition) is 12. The molecule has 2 aliphatic heterocycles. The van der Waals surface area contributed by atoms with E-state index < -0.39 is 69.2 Å². The van der Waals surface area contributed by atoms with E-state index in [1.807, 2.05) is 0 Å². The number of carbonyl (C=O) groups excluding carboxylic acids is 2. The molecule has 2 heterocycles. The second kappa shape index (κ2) is 17.2.